The van der Waals surface area contributed by atoms with E-state index in [4.69, 9.17) is 5.73 Å². The van der Waals surface area contributed by atoms with Crippen molar-refractivity contribution in [2.75, 3.05) is 38.6 Å². The van der Waals surface area contributed by atoms with E-state index in [1.165, 1.54) is 5.56 Å². The summed E-state index contributed by atoms with van der Waals surface area (Å²) >= 11 is 0. The first-order valence-electron chi connectivity index (χ1n) is 6.99. The lowest BCUT2D eigenvalue weighted by molar-refractivity contribution is 0.408. The number of pyridine rings is 1. The summed E-state index contributed by atoms with van der Waals surface area (Å²) in [7, 11) is 4.21. The molecule has 0 amide bonds. The van der Waals surface area contributed by atoms with E-state index in [1.54, 1.807) is 0 Å². The van der Waals surface area contributed by atoms with Gasteiger partial charge in [0, 0.05) is 32.4 Å². The SMILES string of the molecule is Cc1cc(CN)cnc1N(CCN(C)C)CC(C)C. The zero-order chi connectivity index (χ0) is 14.4. The van der Waals surface area contributed by atoms with Crippen molar-refractivity contribution in [3.05, 3.63) is 23.4 Å². The Labute approximate surface area is 117 Å². The molecule has 19 heavy (non-hydrogen) atoms. The van der Waals surface area contributed by atoms with E-state index in [9.17, 15) is 0 Å². The summed E-state index contributed by atoms with van der Waals surface area (Å²) in [5.74, 6) is 1.71. The van der Waals surface area contributed by atoms with Gasteiger partial charge in [-0.1, -0.05) is 13.8 Å². The Hall–Kier alpha value is -1.13. The molecule has 0 saturated heterocycles. The Morgan fingerprint density at radius 2 is 1.95 bits per heavy atom. The molecule has 1 aromatic rings. The summed E-state index contributed by atoms with van der Waals surface area (Å²) in [6.45, 7) is 10.2. The highest BCUT2D eigenvalue weighted by Gasteiger charge is 2.13. The summed E-state index contributed by atoms with van der Waals surface area (Å²) in [6.07, 6.45) is 1.89. The minimum absolute atomic E-state index is 0.552. The molecular formula is C15H28N4. The molecule has 4 nitrogen and oxygen atoms in total. The fourth-order valence-electron chi connectivity index (χ4n) is 2.11. The number of anilines is 1. The van der Waals surface area contributed by atoms with Crippen LogP contribution in [0.15, 0.2) is 12.3 Å². The minimum atomic E-state index is 0.552. The lowest BCUT2D eigenvalue weighted by atomic mass is 10.1. The number of nitrogens with zero attached hydrogens (tertiary/aromatic N) is 3. The zero-order valence-electron chi connectivity index (χ0n) is 13.0. The Morgan fingerprint density at radius 3 is 2.42 bits per heavy atom. The van der Waals surface area contributed by atoms with Crippen LogP contribution in [0.2, 0.25) is 0 Å². The normalized spacial score (nSPS) is 11.4. The molecule has 0 radical (unpaired) electrons. The van der Waals surface area contributed by atoms with Crippen molar-refractivity contribution in [1.29, 1.82) is 0 Å². The predicted molar refractivity (Wildman–Crippen MR) is 82.5 cm³/mol. The number of likely N-dealkylation sites (N-methyl/N-ethyl adjacent to an activating group) is 1. The second-order valence-electron chi connectivity index (χ2n) is 5.83. The first-order valence-corrected chi connectivity index (χ1v) is 6.99. The van der Waals surface area contributed by atoms with Crippen LogP contribution in [0.5, 0.6) is 0 Å². The van der Waals surface area contributed by atoms with Crippen molar-refractivity contribution in [2.24, 2.45) is 11.7 Å². The van der Waals surface area contributed by atoms with Gasteiger partial charge in [-0.2, -0.15) is 0 Å². The fourth-order valence-corrected chi connectivity index (χ4v) is 2.11. The van der Waals surface area contributed by atoms with Crippen molar-refractivity contribution in [3.8, 4) is 0 Å². The zero-order valence-corrected chi connectivity index (χ0v) is 13.0. The second-order valence-corrected chi connectivity index (χ2v) is 5.83. The van der Waals surface area contributed by atoms with Crippen LogP contribution < -0.4 is 10.6 Å². The van der Waals surface area contributed by atoms with E-state index in [1.807, 2.05) is 6.20 Å². The lowest BCUT2D eigenvalue weighted by Crippen LogP contribution is -2.35. The summed E-state index contributed by atoms with van der Waals surface area (Å²) in [5, 5.41) is 0. The summed E-state index contributed by atoms with van der Waals surface area (Å²) in [5.41, 5.74) is 7.97. The number of nitrogens with two attached hydrogens (primary N) is 1. The third-order valence-electron chi connectivity index (χ3n) is 3.05. The van der Waals surface area contributed by atoms with Crippen molar-refractivity contribution in [2.45, 2.75) is 27.3 Å². The number of rotatable bonds is 7. The Morgan fingerprint density at radius 1 is 1.26 bits per heavy atom. The molecule has 1 aromatic heterocycles. The molecular weight excluding hydrogens is 236 g/mol. The molecule has 0 bridgehead atoms. The maximum atomic E-state index is 5.66. The molecule has 108 valence electrons. The van der Waals surface area contributed by atoms with Crippen molar-refractivity contribution >= 4 is 5.82 Å². The van der Waals surface area contributed by atoms with Crippen molar-refractivity contribution in [3.63, 3.8) is 0 Å². The van der Waals surface area contributed by atoms with Gasteiger partial charge < -0.3 is 15.5 Å². The van der Waals surface area contributed by atoms with Gasteiger partial charge in [0.25, 0.3) is 0 Å². The highest BCUT2D eigenvalue weighted by Crippen LogP contribution is 2.19. The molecule has 0 saturated carbocycles. The molecule has 0 aliphatic rings. The van der Waals surface area contributed by atoms with Crippen LogP contribution in [0.1, 0.15) is 25.0 Å². The van der Waals surface area contributed by atoms with Gasteiger partial charge >= 0.3 is 0 Å². The van der Waals surface area contributed by atoms with Gasteiger partial charge in [0.15, 0.2) is 0 Å². The Balaban J connectivity index is 2.89. The first kappa shape index (κ1) is 15.9. The molecule has 0 unspecified atom stereocenters. The molecule has 0 aliphatic heterocycles. The summed E-state index contributed by atoms with van der Waals surface area (Å²) in [6, 6.07) is 2.14. The van der Waals surface area contributed by atoms with E-state index in [-0.39, 0.29) is 0 Å². The molecule has 0 spiro atoms. The van der Waals surface area contributed by atoms with Gasteiger partial charge in [0.05, 0.1) is 0 Å². The van der Waals surface area contributed by atoms with E-state index in [0.717, 1.165) is 31.0 Å². The Kier molecular flexibility index (Phi) is 6.25. The fraction of sp³-hybridized carbons (Fsp3) is 0.667. The van der Waals surface area contributed by atoms with E-state index in [0.29, 0.717) is 12.5 Å². The minimum Gasteiger partial charge on any atom is -0.355 e. The number of hydrogen-bond acceptors (Lipinski definition) is 4. The molecule has 0 aromatic carbocycles. The van der Waals surface area contributed by atoms with Crippen LogP contribution in [0, 0.1) is 12.8 Å². The smallest absolute Gasteiger partial charge is 0.131 e. The van der Waals surface area contributed by atoms with Gasteiger partial charge in [-0.05, 0) is 44.1 Å². The van der Waals surface area contributed by atoms with Crippen LogP contribution in [0.4, 0.5) is 5.82 Å². The standard InChI is InChI=1S/C15H28N4/c1-12(2)11-19(7-6-18(4)5)15-13(3)8-14(9-16)10-17-15/h8,10,12H,6-7,9,11,16H2,1-5H3. The van der Waals surface area contributed by atoms with Crippen molar-refractivity contribution < 1.29 is 0 Å². The molecule has 0 atom stereocenters. The highest BCUT2D eigenvalue weighted by molar-refractivity contribution is 5.47. The van der Waals surface area contributed by atoms with E-state index in [2.05, 4.69) is 55.7 Å². The molecule has 1 heterocycles. The average Bonchev–Trinajstić information content (AvgIpc) is 2.34. The van der Waals surface area contributed by atoms with Crippen LogP contribution in [0.3, 0.4) is 0 Å². The third kappa shape index (κ3) is 5.17. The van der Waals surface area contributed by atoms with Gasteiger partial charge in [0.1, 0.15) is 5.82 Å². The van der Waals surface area contributed by atoms with Crippen LogP contribution in [-0.4, -0.2) is 43.6 Å². The van der Waals surface area contributed by atoms with Gasteiger partial charge in [-0.15, -0.1) is 0 Å². The Bertz CT molecular complexity index is 388. The summed E-state index contributed by atoms with van der Waals surface area (Å²) < 4.78 is 0. The number of aryl methyl sites for hydroxylation is 1. The average molecular weight is 264 g/mol. The van der Waals surface area contributed by atoms with E-state index >= 15 is 0 Å². The number of hydrogen-bond donors (Lipinski definition) is 1. The van der Waals surface area contributed by atoms with Gasteiger partial charge in [-0.3, -0.25) is 0 Å². The van der Waals surface area contributed by atoms with Crippen LogP contribution >= 0.6 is 0 Å². The predicted octanol–water partition coefficient (Wildman–Crippen LogP) is 1.87. The largest absolute Gasteiger partial charge is 0.355 e. The lowest BCUT2D eigenvalue weighted by Gasteiger charge is -2.28. The van der Waals surface area contributed by atoms with Crippen LogP contribution in [0.25, 0.3) is 0 Å². The topological polar surface area (TPSA) is 45.4 Å². The molecule has 0 aliphatic carbocycles. The van der Waals surface area contributed by atoms with E-state index < -0.39 is 0 Å². The monoisotopic (exact) mass is 264 g/mol. The maximum Gasteiger partial charge on any atom is 0.131 e. The molecule has 4 heteroatoms. The second kappa shape index (κ2) is 7.46. The molecule has 0 fully saturated rings. The van der Waals surface area contributed by atoms with Gasteiger partial charge in [-0.25, -0.2) is 4.98 Å². The third-order valence-corrected chi connectivity index (χ3v) is 3.05. The summed E-state index contributed by atoms with van der Waals surface area (Å²) in [4.78, 5) is 9.19. The van der Waals surface area contributed by atoms with Gasteiger partial charge in [0.2, 0.25) is 0 Å². The quantitative estimate of drug-likeness (QED) is 0.816. The van der Waals surface area contributed by atoms with Crippen molar-refractivity contribution in [1.82, 2.24) is 9.88 Å². The number of aromatic nitrogens is 1. The molecule has 2 N–H and O–H groups in total. The first-order chi connectivity index (χ1) is 8.93. The molecule has 1 rings (SSSR count). The van der Waals surface area contributed by atoms with Crippen LogP contribution in [-0.2, 0) is 6.54 Å². The highest BCUT2D eigenvalue weighted by atomic mass is 15.2. The maximum absolute atomic E-state index is 5.66.